The van der Waals surface area contributed by atoms with Gasteiger partial charge in [-0.25, -0.2) is 4.98 Å². The SMILES string of the molecule is Cc1oc(-c2ccccc2NC(=O)CC2CCCC2)nc1CNC(=O)[C@@H]1C[C@H]1c1ccccc1. The lowest BCUT2D eigenvalue weighted by Crippen LogP contribution is -2.25. The van der Waals surface area contributed by atoms with Crippen LogP contribution in [0.25, 0.3) is 11.5 Å². The number of carbonyl (C=O) groups excluding carboxylic acids is 2. The molecule has 0 bridgehead atoms. The predicted molar refractivity (Wildman–Crippen MR) is 131 cm³/mol. The molecular weight excluding hydrogens is 426 g/mol. The number of oxazole rings is 1. The Labute approximate surface area is 200 Å². The van der Waals surface area contributed by atoms with Crippen LogP contribution in [0.15, 0.2) is 59.0 Å². The summed E-state index contributed by atoms with van der Waals surface area (Å²) in [5.41, 5.74) is 3.36. The molecule has 0 radical (unpaired) electrons. The summed E-state index contributed by atoms with van der Waals surface area (Å²) in [6.07, 6.45) is 6.15. The summed E-state index contributed by atoms with van der Waals surface area (Å²) in [7, 11) is 0. The van der Waals surface area contributed by atoms with Crippen LogP contribution < -0.4 is 10.6 Å². The van der Waals surface area contributed by atoms with E-state index >= 15 is 0 Å². The van der Waals surface area contributed by atoms with Crippen molar-refractivity contribution in [3.63, 3.8) is 0 Å². The van der Waals surface area contributed by atoms with Crippen LogP contribution in [0.5, 0.6) is 0 Å². The van der Waals surface area contributed by atoms with Gasteiger partial charge in [0.2, 0.25) is 17.7 Å². The lowest BCUT2D eigenvalue weighted by Gasteiger charge is -2.11. The van der Waals surface area contributed by atoms with Gasteiger partial charge in [-0.3, -0.25) is 9.59 Å². The van der Waals surface area contributed by atoms with Gasteiger partial charge in [0.05, 0.1) is 17.8 Å². The Morgan fingerprint density at radius 1 is 1.03 bits per heavy atom. The molecule has 2 fully saturated rings. The smallest absolute Gasteiger partial charge is 0.228 e. The van der Waals surface area contributed by atoms with Gasteiger partial charge in [-0.2, -0.15) is 0 Å². The molecule has 2 aliphatic rings. The highest BCUT2D eigenvalue weighted by Gasteiger charge is 2.43. The molecule has 2 amide bonds. The Hall–Kier alpha value is -3.41. The van der Waals surface area contributed by atoms with Crippen LogP contribution in [-0.4, -0.2) is 16.8 Å². The summed E-state index contributed by atoms with van der Waals surface area (Å²) in [6, 6.07) is 17.7. The molecule has 0 saturated heterocycles. The van der Waals surface area contributed by atoms with E-state index in [1.54, 1.807) is 0 Å². The number of anilines is 1. The number of benzene rings is 2. The fourth-order valence-electron chi connectivity index (χ4n) is 5.02. The first-order valence-corrected chi connectivity index (χ1v) is 12.3. The molecule has 5 rings (SSSR count). The third kappa shape index (κ3) is 5.06. The lowest BCUT2D eigenvalue weighted by atomic mass is 10.0. The van der Waals surface area contributed by atoms with Gasteiger partial charge in [0.25, 0.3) is 0 Å². The Kier molecular flexibility index (Phi) is 6.48. The van der Waals surface area contributed by atoms with Crippen molar-refractivity contribution in [1.29, 1.82) is 0 Å². The average Bonchev–Trinajstić information content (AvgIpc) is 3.33. The van der Waals surface area contributed by atoms with E-state index in [1.807, 2.05) is 49.4 Å². The number of hydrogen-bond acceptors (Lipinski definition) is 4. The number of rotatable bonds is 8. The number of amides is 2. The van der Waals surface area contributed by atoms with Gasteiger partial charge >= 0.3 is 0 Å². The Morgan fingerprint density at radius 2 is 1.76 bits per heavy atom. The summed E-state index contributed by atoms with van der Waals surface area (Å²) >= 11 is 0. The van der Waals surface area contributed by atoms with Crippen molar-refractivity contribution in [1.82, 2.24) is 10.3 Å². The molecule has 0 spiro atoms. The molecule has 2 aromatic carbocycles. The predicted octanol–water partition coefficient (Wildman–Crippen LogP) is 5.59. The van der Waals surface area contributed by atoms with Crippen LogP contribution in [0.2, 0.25) is 0 Å². The van der Waals surface area contributed by atoms with E-state index in [4.69, 9.17) is 4.42 Å². The van der Waals surface area contributed by atoms with Gasteiger partial charge < -0.3 is 15.1 Å². The van der Waals surface area contributed by atoms with Gasteiger partial charge in [0.15, 0.2) is 0 Å². The van der Waals surface area contributed by atoms with E-state index in [-0.39, 0.29) is 17.7 Å². The minimum absolute atomic E-state index is 0.0184. The van der Waals surface area contributed by atoms with Gasteiger partial charge in [0.1, 0.15) is 11.5 Å². The zero-order valence-electron chi connectivity index (χ0n) is 19.5. The minimum Gasteiger partial charge on any atom is -0.441 e. The topological polar surface area (TPSA) is 84.2 Å². The van der Waals surface area contributed by atoms with Crippen molar-refractivity contribution < 1.29 is 14.0 Å². The van der Waals surface area contributed by atoms with Crippen molar-refractivity contribution in [3.8, 4) is 11.5 Å². The summed E-state index contributed by atoms with van der Waals surface area (Å²) in [6.45, 7) is 2.17. The number of aryl methyl sites for hydroxylation is 1. The van der Waals surface area contributed by atoms with Crippen LogP contribution in [0.4, 0.5) is 5.69 Å². The number of para-hydroxylation sites is 1. The third-order valence-electron chi connectivity index (χ3n) is 7.06. The Morgan fingerprint density at radius 3 is 2.56 bits per heavy atom. The van der Waals surface area contributed by atoms with Crippen molar-refractivity contribution in [3.05, 3.63) is 71.6 Å². The number of hydrogen-bond donors (Lipinski definition) is 2. The zero-order valence-corrected chi connectivity index (χ0v) is 19.5. The molecule has 2 atom stereocenters. The first-order valence-electron chi connectivity index (χ1n) is 12.3. The van der Waals surface area contributed by atoms with E-state index in [0.29, 0.717) is 47.8 Å². The van der Waals surface area contributed by atoms with E-state index in [9.17, 15) is 9.59 Å². The molecule has 2 saturated carbocycles. The number of nitrogens with one attached hydrogen (secondary N) is 2. The molecule has 0 aliphatic heterocycles. The summed E-state index contributed by atoms with van der Waals surface area (Å²) in [5, 5.41) is 6.07. The molecule has 0 unspecified atom stereocenters. The van der Waals surface area contributed by atoms with Crippen LogP contribution in [0.3, 0.4) is 0 Å². The van der Waals surface area contributed by atoms with E-state index in [1.165, 1.54) is 18.4 Å². The van der Waals surface area contributed by atoms with Gasteiger partial charge in [-0.05, 0) is 55.7 Å². The largest absolute Gasteiger partial charge is 0.441 e. The van der Waals surface area contributed by atoms with Crippen molar-refractivity contribution >= 4 is 17.5 Å². The monoisotopic (exact) mass is 457 g/mol. The second-order valence-electron chi connectivity index (χ2n) is 9.55. The zero-order chi connectivity index (χ0) is 23.5. The third-order valence-corrected chi connectivity index (χ3v) is 7.06. The van der Waals surface area contributed by atoms with E-state index in [2.05, 4.69) is 27.8 Å². The Balaban J connectivity index is 1.22. The highest BCUT2D eigenvalue weighted by molar-refractivity contribution is 5.94. The van der Waals surface area contributed by atoms with Crippen LogP contribution >= 0.6 is 0 Å². The fraction of sp³-hybridized carbons (Fsp3) is 0.393. The molecular formula is C28H31N3O3. The molecule has 1 heterocycles. The average molecular weight is 458 g/mol. The first-order chi connectivity index (χ1) is 16.6. The minimum atomic E-state index is 0.0184. The lowest BCUT2D eigenvalue weighted by molar-refractivity contribution is -0.122. The molecule has 176 valence electrons. The second-order valence-corrected chi connectivity index (χ2v) is 9.55. The molecule has 2 aliphatic carbocycles. The van der Waals surface area contributed by atoms with Crippen molar-refractivity contribution in [2.24, 2.45) is 11.8 Å². The second kappa shape index (κ2) is 9.84. The standard InChI is InChI=1S/C28H31N3O3/c1-18-25(17-29-27(33)23-16-22(23)20-11-3-2-4-12-20)31-28(34-18)21-13-7-8-14-24(21)30-26(32)15-19-9-5-6-10-19/h2-4,7-8,11-14,19,22-23H,5-6,9-10,15-17H2,1H3,(H,29,33)(H,30,32)/t22-,23+/m0/s1. The maximum absolute atomic E-state index is 12.7. The molecule has 1 aromatic heterocycles. The van der Waals surface area contributed by atoms with Gasteiger partial charge in [0, 0.05) is 12.3 Å². The van der Waals surface area contributed by atoms with Gasteiger partial charge in [-0.1, -0.05) is 55.3 Å². The highest BCUT2D eigenvalue weighted by atomic mass is 16.4. The van der Waals surface area contributed by atoms with Crippen molar-refractivity contribution in [2.75, 3.05) is 5.32 Å². The summed E-state index contributed by atoms with van der Waals surface area (Å²) in [4.78, 5) is 29.9. The number of nitrogens with zero attached hydrogens (tertiary/aromatic N) is 1. The molecule has 2 N–H and O–H groups in total. The molecule has 6 nitrogen and oxygen atoms in total. The van der Waals surface area contributed by atoms with Crippen molar-refractivity contribution in [2.45, 2.75) is 57.9 Å². The van der Waals surface area contributed by atoms with Gasteiger partial charge in [-0.15, -0.1) is 0 Å². The summed E-state index contributed by atoms with van der Waals surface area (Å²) < 4.78 is 5.94. The summed E-state index contributed by atoms with van der Waals surface area (Å²) in [5.74, 6) is 2.01. The molecule has 6 heteroatoms. The van der Waals surface area contributed by atoms with Crippen LogP contribution in [0.1, 0.15) is 61.5 Å². The maximum atomic E-state index is 12.7. The van der Waals surface area contributed by atoms with Crippen LogP contribution in [-0.2, 0) is 16.1 Å². The van der Waals surface area contributed by atoms with E-state index in [0.717, 1.165) is 24.8 Å². The molecule has 3 aromatic rings. The number of aromatic nitrogens is 1. The maximum Gasteiger partial charge on any atom is 0.228 e. The molecule has 34 heavy (non-hydrogen) atoms. The van der Waals surface area contributed by atoms with E-state index < -0.39 is 0 Å². The fourth-order valence-corrected chi connectivity index (χ4v) is 5.02. The van der Waals surface area contributed by atoms with Crippen LogP contribution in [0, 0.1) is 18.8 Å². The normalized spacial score (nSPS) is 19.7. The Bertz CT molecular complexity index is 1160. The number of carbonyl (C=O) groups is 2. The first kappa shape index (κ1) is 22.4. The highest BCUT2D eigenvalue weighted by Crippen LogP contribution is 2.47. The quantitative estimate of drug-likeness (QED) is 0.462.